The molecular weight excluding hydrogens is 757 g/mol. The summed E-state index contributed by atoms with van der Waals surface area (Å²) in [5.41, 5.74) is 14.6. The first-order valence-electron chi connectivity index (χ1n) is 17.9. The average Bonchev–Trinajstić information content (AvgIpc) is 3.93. The number of carboxylic acids is 1. The third-order valence-corrected chi connectivity index (χ3v) is 9.72. The van der Waals surface area contributed by atoms with Crippen LogP contribution in [0.15, 0.2) is 53.7 Å². The second-order valence-electron chi connectivity index (χ2n) is 12.8. The molecule has 4 amide bonds. The molecule has 296 valence electrons. The highest BCUT2D eigenvalue weighted by Crippen LogP contribution is 2.31. The fourth-order valence-corrected chi connectivity index (χ4v) is 7.14. The van der Waals surface area contributed by atoms with Gasteiger partial charge in [-0.15, -0.1) is 0 Å². The molecule has 6 rings (SSSR count). The minimum atomic E-state index is -0.987. The van der Waals surface area contributed by atoms with E-state index in [0.29, 0.717) is 56.5 Å². The molecule has 5 aromatic heterocycles. The van der Waals surface area contributed by atoms with Gasteiger partial charge in [0.2, 0.25) is 17.8 Å². The van der Waals surface area contributed by atoms with Crippen LogP contribution in [0.4, 0.5) is 5.95 Å². The summed E-state index contributed by atoms with van der Waals surface area (Å²) in [6.45, 7) is 8.51. The fraction of sp³-hybridized carbons (Fsp3) is 0.297. The molecule has 0 saturated heterocycles. The number of aromatic nitrogens is 8. The number of aryl methyl sites for hydroxylation is 4. The first-order chi connectivity index (χ1) is 27.3. The first kappa shape index (κ1) is 39.7. The lowest BCUT2D eigenvalue weighted by atomic mass is 10.1. The topological polar surface area (TPSA) is 263 Å². The Morgan fingerprint density at radius 1 is 0.895 bits per heavy atom. The first-order valence-corrected chi connectivity index (χ1v) is 18.7. The smallest absolute Gasteiger partial charge is 0.303 e. The number of nitrogens with two attached hydrogens (primary N) is 2. The van der Waals surface area contributed by atoms with Crippen LogP contribution >= 0.6 is 11.3 Å². The summed E-state index contributed by atoms with van der Waals surface area (Å²) in [4.78, 5) is 76.4. The van der Waals surface area contributed by atoms with Crippen molar-refractivity contribution in [3.63, 3.8) is 0 Å². The Morgan fingerprint density at radius 3 is 2.19 bits per heavy atom. The van der Waals surface area contributed by atoms with E-state index >= 15 is 0 Å². The van der Waals surface area contributed by atoms with Gasteiger partial charge in [-0.2, -0.15) is 15.2 Å². The number of carbonyl (C=O) groups excluding carboxylic acids is 4. The lowest BCUT2D eigenvalue weighted by molar-refractivity contribution is -0.137. The van der Waals surface area contributed by atoms with Crippen LogP contribution in [0.25, 0.3) is 21.4 Å². The van der Waals surface area contributed by atoms with E-state index in [1.165, 1.54) is 29.7 Å². The van der Waals surface area contributed by atoms with Crippen molar-refractivity contribution in [3.8, 4) is 5.75 Å². The molecular formula is C37H40N12O7S. The number of nitrogens with zero attached hydrogens (tertiary/aromatic N) is 9. The molecule has 6 N–H and O–H groups in total. The lowest BCUT2D eigenvalue weighted by Crippen LogP contribution is -2.20. The number of aliphatic carboxylic acids is 1. The lowest BCUT2D eigenvalue weighted by Gasteiger charge is -2.13. The summed E-state index contributed by atoms with van der Waals surface area (Å²) in [5, 5.41) is 20.7. The molecule has 0 fully saturated rings. The van der Waals surface area contributed by atoms with Gasteiger partial charge in [0.15, 0.2) is 10.4 Å². The van der Waals surface area contributed by atoms with Gasteiger partial charge in [0.05, 0.1) is 33.8 Å². The van der Waals surface area contributed by atoms with Crippen molar-refractivity contribution in [1.29, 1.82) is 0 Å². The maximum absolute atomic E-state index is 13.6. The van der Waals surface area contributed by atoms with E-state index in [0.717, 1.165) is 0 Å². The van der Waals surface area contributed by atoms with Crippen LogP contribution in [0.3, 0.4) is 0 Å². The molecule has 6 aromatic rings. The van der Waals surface area contributed by atoms with E-state index in [-0.39, 0.29) is 60.9 Å². The number of rotatable bonds is 16. The van der Waals surface area contributed by atoms with Gasteiger partial charge in [-0.25, -0.2) is 9.97 Å². The van der Waals surface area contributed by atoms with Gasteiger partial charge in [-0.3, -0.25) is 43.2 Å². The number of fused-ring (bicyclic) bond motifs is 2. The number of carboxylic acid groups (broad SMARTS) is 1. The zero-order valence-electron chi connectivity index (χ0n) is 31.6. The maximum Gasteiger partial charge on any atom is 0.303 e. The standard InChI is InChI=1S/C37H40N12O7S/c1-5-48-25(14-20(3)44-48)34(54)42-36-41-24-16-22(31(38)52)17-27(56-13-9-10-29(50)51)30(24)46(36)11-7-8-12-47-33-28(18-23(19-40-33)32(39)53)57-37(47)43-35(55)26-15-21(4)45-49(26)6-2/h7-8,14-19H,5-6,9-13H2,1-4H3,(H2,38,52)(H2,39,53)(H,50,51)(H,41,42,54)/b8-7+,43-37?. The van der Waals surface area contributed by atoms with Gasteiger partial charge in [-0.05, 0) is 64.4 Å². The minimum absolute atomic E-state index is 0.0111. The van der Waals surface area contributed by atoms with Crippen molar-refractivity contribution in [2.75, 3.05) is 11.9 Å². The van der Waals surface area contributed by atoms with Crippen LogP contribution in [0.5, 0.6) is 5.75 Å². The Bertz CT molecular complexity index is 2660. The molecule has 0 unspecified atom stereocenters. The quantitative estimate of drug-likeness (QED) is 0.0816. The van der Waals surface area contributed by atoms with E-state index in [1.54, 1.807) is 62.7 Å². The van der Waals surface area contributed by atoms with Crippen molar-refractivity contribution >= 4 is 68.3 Å². The molecule has 1 aromatic carbocycles. The van der Waals surface area contributed by atoms with Crippen molar-refractivity contribution in [3.05, 3.63) is 87.4 Å². The van der Waals surface area contributed by atoms with E-state index in [9.17, 15) is 24.0 Å². The van der Waals surface area contributed by atoms with Gasteiger partial charge in [0.1, 0.15) is 22.7 Å². The van der Waals surface area contributed by atoms with Crippen molar-refractivity contribution in [2.45, 2.75) is 66.7 Å². The summed E-state index contributed by atoms with van der Waals surface area (Å²) < 4.78 is 13.1. The van der Waals surface area contributed by atoms with Gasteiger partial charge in [-0.1, -0.05) is 23.5 Å². The SMILES string of the molecule is CCn1nc(C)cc1C(=O)N=c1sc2cc(C(N)=O)cnc2n1C/C=C/Cn1c(NC(=O)c2cc(C)nn2CC)nc2cc(C(N)=O)cc(OCCCC(=O)O)c21. The molecule has 0 bridgehead atoms. The van der Waals surface area contributed by atoms with Crippen LogP contribution in [0.1, 0.15) is 79.8 Å². The normalized spacial score (nSPS) is 11.9. The largest absolute Gasteiger partial charge is 0.491 e. The van der Waals surface area contributed by atoms with Gasteiger partial charge in [0, 0.05) is 44.4 Å². The molecule has 0 spiro atoms. The molecule has 0 aliphatic heterocycles. The number of benzene rings is 1. The van der Waals surface area contributed by atoms with E-state index in [4.69, 9.17) is 21.3 Å². The van der Waals surface area contributed by atoms with Crippen LogP contribution in [-0.2, 0) is 31.0 Å². The predicted molar refractivity (Wildman–Crippen MR) is 209 cm³/mol. The third-order valence-electron chi connectivity index (χ3n) is 8.71. The number of hydrogen-bond acceptors (Lipinski definition) is 11. The highest BCUT2D eigenvalue weighted by molar-refractivity contribution is 7.16. The summed E-state index contributed by atoms with van der Waals surface area (Å²) in [6, 6.07) is 7.84. The average molecular weight is 797 g/mol. The molecule has 0 saturated carbocycles. The number of imidazole rings is 1. The Labute approximate surface area is 328 Å². The molecule has 0 aliphatic carbocycles. The molecule has 0 atom stereocenters. The maximum atomic E-state index is 13.6. The number of thiazole rings is 1. The Kier molecular flexibility index (Phi) is 11.7. The second kappa shape index (κ2) is 16.8. The summed E-state index contributed by atoms with van der Waals surface area (Å²) in [6.07, 6.45) is 5.00. The predicted octanol–water partition coefficient (Wildman–Crippen LogP) is 3.19. The van der Waals surface area contributed by atoms with Crippen molar-refractivity contribution < 1.29 is 33.8 Å². The van der Waals surface area contributed by atoms with Crippen molar-refractivity contribution in [2.24, 2.45) is 16.5 Å². The Hall–Kier alpha value is -6.96. The van der Waals surface area contributed by atoms with Gasteiger partial charge >= 0.3 is 5.97 Å². The number of ether oxygens (including phenoxy) is 1. The summed E-state index contributed by atoms with van der Waals surface area (Å²) >= 11 is 1.17. The molecule has 19 nitrogen and oxygen atoms in total. The number of hydrogen-bond donors (Lipinski definition) is 4. The third kappa shape index (κ3) is 8.64. The monoisotopic (exact) mass is 796 g/mol. The number of primary amides is 2. The highest BCUT2D eigenvalue weighted by atomic mass is 32.1. The molecule has 20 heteroatoms. The van der Waals surface area contributed by atoms with E-state index in [2.05, 4.69) is 30.5 Å². The zero-order valence-corrected chi connectivity index (χ0v) is 32.4. The number of amides is 4. The highest BCUT2D eigenvalue weighted by Gasteiger charge is 2.22. The number of anilines is 1. The van der Waals surface area contributed by atoms with E-state index < -0.39 is 29.6 Å². The molecule has 5 heterocycles. The fourth-order valence-electron chi connectivity index (χ4n) is 6.10. The molecule has 57 heavy (non-hydrogen) atoms. The summed E-state index contributed by atoms with van der Waals surface area (Å²) in [5.74, 6) is -3.03. The summed E-state index contributed by atoms with van der Waals surface area (Å²) in [7, 11) is 0. The van der Waals surface area contributed by atoms with E-state index in [1.807, 2.05) is 13.8 Å². The van der Waals surface area contributed by atoms with Gasteiger partial charge in [0.25, 0.3) is 11.8 Å². The van der Waals surface area contributed by atoms with Crippen LogP contribution in [0.2, 0.25) is 0 Å². The number of carbonyl (C=O) groups is 5. The van der Waals surface area contributed by atoms with Crippen molar-refractivity contribution in [1.82, 2.24) is 38.7 Å². The number of allylic oxidation sites excluding steroid dienone is 2. The molecule has 0 radical (unpaired) electrons. The van der Waals surface area contributed by atoms with Crippen LogP contribution < -0.4 is 26.3 Å². The second-order valence-corrected chi connectivity index (χ2v) is 13.8. The minimum Gasteiger partial charge on any atom is -0.491 e. The van der Waals surface area contributed by atoms with Crippen LogP contribution in [0, 0.1) is 13.8 Å². The number of pyridine rings is 1. The Balaban J connectivity index is 1.40. The number of nitrogens with one attached hydrogen (secondary N) is 1. The zero-order chi connectivity index (χ0) is 41.0. The Morgan fingerprint density at radius 2 is 1.54 bits per heavy atom. The van der Waals surface area contributed by atoms with Crippen LogP contribution in [-0.4, -0.2) is 80.0 Å². The van der Waals surface area contributed by atoms with Gasteiger partial charge < -0.3 is 25.9 Å². The molecule has 0 aliphatic rings.